The Kier molecular flexibility index (Phi) is 4.69. The lowest BCUT2D eigenvalue weighted by Crippen LogP contribution is -2.27. The van der Waals surface area contributed by atoms with Gasteiger partial charge in [0, 0.05) is 23.0 Å². The minimum Gasteiger partial charge on any atom is -0.326 e. The summed E-state index contributed by atoms with van der Waals surface area (Å²) in [5, 5.41) is 2.62. The number of sulfonamides is 1. The number of hydrogen-bond donors (Lipinski definition) is 2. The van der Waals surface area contributed by atoms with Gasteiger partial charge in [0.2, 0.25) is 0 Å². The average Bonchev–Trinajstić information content (AvgIpc) is 3.06. The molecule has 0 saturated carbocycles. The topological polar surface area (TPSA) is 85.1 Å². The Balaban J connectivity index is 2.20. The lowest BCUT2D eigenvalue weighted by Gasteiger charge is -2.13. The van der Waals surface area contributed by atoms with Crippen molar-refractivity contribution >= 4 is 32.7 Å². The smallest absolute Gasteiger partial charge is 0.250 e. The van der Waals surface area contributed by atoms with Gasteiger partial charge >= 0.3 is 0 Å². The summed E-state index contributed by atoms with van der Waals surface area (Å²) in [6, 6.07) is 3.04. The Morgan fingerprint density at radius 3 is 2.79 bits per heavy atom. The molecule has 8 heteroatoms. The fourth-order valence-electron chi connectivity index (χ4n) is 1.57. The number of nitrogens with one attached hydrogen (secondary N) is 1. The van der Waals surface area contributed by atoms with E-state index in [2.05, 4.69) is 9.71 Å². The van der Waals surface area contributed by atoms with Crippen molar-refractivity contribution in [2.24, 2.45) is 5.73 Å². The molecule has 0 spiro atoms. The van der Waals surface area contributed by atoms with Crippen molar-refractivity contribution in [1.82, 2.24) is 9.71 Å². The molecule has 3 N–H and O–H groups in total. The van der Waals surface area contributed by atoms with Crippen molar-refractivity contribution in [2.45, 2.75) is 30.1 Å². The SMILES string of the molecule is CCC(NS(=O)(=O)c1ccc(CN)s1)c1nccs1. The van der Waals surface area contributed by atoms with E-state index in [1.165, 1.54) is 22.7 Å². The first-order chi connectivity index (χ1) is 9.06. The third-order valence-corrected chi connectivity index (χ3v) is 6.52. The fraction of sp³-hybridized carbons (Fsp3) is 0.364. The molecule has 0 saturated heterocycles. The number of rotatable bonds is 6. The highest BCUT2D eigenvalue weighted by Gasteiger charge is 2.23. The van der Waals surface area contributed by atoms with Crippen molar-refractivity contribution < 1.29 is 8.42 Å². The van der Waals surface area contributed by atoms with Crippen LogP contribution in [0.3, 0.4) is 0 Å². The summed E-state index contributed by atoms with van der Waals surface area (Å²) in [4.78, 5) is 5.01. The summed E-state index contributed by atoms with van der Waals surface area (Å²) in [5.74, 6) is 0. The maximum atomic E-state index is 12.3. The van der Waals surface area contributed by atoms with Gasteiger partial charge in [-0.1, -0.05) is 6.92 Å². The maximum absolute atomic E-state index is 12.3. The molecule has 0 aliphatic heterocycles. The highest BCUT2D eigenvalue weighted by atomic mass is 32.2. The van der Waals surface area contributed by atoms with Crippen molar-refractivity contribution in [3.05, 3.63) is 33.6 Å². The summed E-state index contributed by atoms with van der Waals surface area (Å²) in [6.45, 7) is 2.28. The van der Waals surface area contributed by atoms with Gasteiger partial charge in [0.05, 0.1) is 6.04 Å². The van der Waals surface area contributed by atoms with Crippen LogP contribution >= 0.6 is 22.7 Å². The Morgan fingerprint density at radius 1 is 1.47 bits per heavy atom. The molecule has 0 radical (unpaired) electrons. The number of nitrogens with zero attached hydrogens (tertiary/aromatic N) is 1. The second-order valence-electron chi connectivity index (χ2n) is 3.88. The summed E-state index contributed by atoms with van der Waals surface area (Å²) >= 11 is 2.64. The summed E-state index contributed by atoms with van der Waals surface area (Å²) in [6.07, 6.45) is 2.33. The van der Waals surface area contributed by atoms with Crippen LogP contribution in [-0.2, 0) is 16.6 Å². The molecule has 0 fully saturated rings. The molecule has 0 aliphatic carbocycles. The van der Waals surface area contributed by atoms with Gasteiger partial charge in [-0.3, -0.25) is 0 Å². The first-order valence-electron chi connectivity index (χ1n) is 5.77. The normalized spacial score (nSPS) is 13.6. The first-order valence-corrected chi connectivity index (χ1v) is 8.95. The lowest BCUT2D eigenvalue weighted by molar-refractivity contribution is 0.551. The zero-order valence-corrected chi connectivity index (χ0v) is 12.8. The molecule has 1 atom stereocenters. The molecule has 0 bridgehead atoms. The molecule has 2 rings (SSSR count). The van der Waals surface area contributed by atoms with Crippen LogP contribution in [0.25, 0.3) is 0 Å². The largest absolute Gasteiger partial charge is 0.326 e. The van der Waals surface area contributed by atoms with E-state index in [0.717, 1.165) is 9.88 Å². The van der Waals surface area contributed by atoms with E-state index >= 15 is 0 Å². The van der Waals surface area contributed by atoms with E-state index in [1.54, 1.807) is 18.3 Å². The Bertz CT molecular complexity index is 619. The number of thiophene rings is 1. The summed E-state index contributed by atoms with van der Waals surface area (Å²) in [7, 11) is -3.51. The fourth-order valence-corrected chi connectivity index (χ4v) is 4.95. The zero-order chi connectivity index (χ0) is 13.9. The van der Waals surface area contributed by atoms with Gasteiger partial charge in [-0.15, -0.1) is 22.7 Å². The van der Waals surface area contributed by atoms with Crippen molar-refractivity contribution in [2.75, 3.05) is 0 Å². The molecule has 0 aromatic carbocycles. The summed E-state index contributed by atoms with van der Waals surface area (Å²) in [5.41, 5.74) is 5.50. The third-order valence-electron chi connectivity index (χ3n) is 2.56. The highest BCUT2D eigenvalue weighted by molar-refractivity contribution is 7.91. The monoisotopic (exact) mass is 317 g/mol. The molecular formula is C11H15N3O2S3. The van der Waals surface area contributed by atoms with Gasteiger partial charge < -0.3 is 5.73 Å². The summed E-state index contributed by atoms with van der Waals surface area (Å²) < 4.78 is 27.5. The van der Waals surface area contributed by atoms with E-state index in [-0.39, 0.29) is 6.04 Å². The molecule has 1 unspecified atom stereocenters. The van der Waals surface area contributed by atoms with Crippen LogP contribution in [0.2, 0.25) is 0 Å². The number of nitrogens with two attached hydrogens (primary N) is 1. The van der Waals surface area contributed by atoms with E-state index in [4.69, 9.17) is 5.73 Å². The standard InChI is InChI=1S/C11H15N3O2S3/c1-2-9(11-13-5-6-17-11)14-19(15,16)10-4-3-8(7-12)18-10/h3-6,9,14H,2,7,12H2,1H3. The van der Waals surface area contributed by atoms with Crippen molar-refractivity contribution in [3.63, 3.8) is 0 Å². The molecule has 2 aromatic rings. The van der Waals surface area contributed by atoms with Gasteiger partial charge in [0.15, 0.2) is 0 Å². The molecule has 2 heterocycles. The molecule has 0 amide bonds. The molecule has 104 valence electrons. The van der Waals surface area contributed by atoms with Gasteiger partial charge in [-0.05, 0) is 18.6 Å². The van der Waals surface area contributed by atoms with E-state index in [0.29, 0.717) is 17.2 Å². The van der Waals surface area contributed by atoms with E-state index < -0.39 is 10.0 Å². The molecule has 5 nitrogen and oxygen atoms in total. The Morgan fingerprint density at radius 2 is 2.26 bits per heavy atom. The molecule has 2 aromatic heterocycles. The van der Waals surface area contributed by atoms with E-state index in [9.17, 15) is 8.42 Å². The van der Waals surface area contributed by atoms with Gasteiger partial charge in [-0.25, -0.2) is 18.1 Å². The second-order valence-corrected chi connectivity index (χ2v) is 7.91. The molecule has 19 heavy (non-hydrogen) atoms. The first kappa shape index (κ1) is 14.6. The van der Waals surface area contributed by atoms with Crippen LogP contribution < -0.4 is 10.5 Å². The Hall–Kier alpha value is -0.800. The predicted octanol–water partition coefficient (Wildman–Crippen LogP) is 2.09. The number of hydrogen-bond acceptors (Lipinski definition) is 6. The lowest BCUT2D eigenvalue weighted by atomic mass is 10.3. The van der Waals surface area contributed by atoms with Gasteiger partial charge in [0.25, 0.3) is 10.0 Å². The van der Waals surface area contributed by atoms with Crippen molar-refractivity contribution in [3.8, 4) is 0 Å². The zero-order valence-electron chi connectivity index (χ0n) is 10.4. The number of thiazole rings is 1. The van der Waals surface area contributed by atoms with E-state index in [1.807, 2.05) is 12.3 Å². The predicted molar refractivity (Wildman–Crippen MR) is 77.7 cm³/mol. The van der Waals surface area contributed by atoms with Crippen LogP contribution in [0.4, 0.5) is 0 Å². The van der Waals surface area contributed by atoms with Crippen LogP contribution in [0, 0.1) is 0 Å². The molecule has 0 aliphatic rings. The van der Waals surface area contributed by atoms with Crippen LogP contribution in [0.1, 0.15) is 29.3 Å². The van der Waals surface area contributed by atoms with Crippen LogP contribution in [0.5, 0.6) is 0 Å². The minimum atomic E-state index is -3.51. The average molecular weight is 317 g/mol. The second kappa shape index (κ2) is 6.10. The maximum Gasteiger partial charge on any atom is 0.250 e. The van der Waals surface area contributed by atoms with Crippen molar-refractivity contribution in [1.29, 1.82) is 0 Å². The van der Waals surface area contributed by atoms with Gasteiger partial charge in [-0.2, -0.15) is 0 Å². The van der Waals surface area contributed by atoms with Crippen LogP contribution in [0.15, 0.2) is 27.9 Å². The third kappa shape index (κ3) is 3.40. The highest BCUT2D eigenvalue weighted by Crippen LogP contribution is 2.25. The number of aromatic nitrogens is 1. The van der Waals surface area contributed by atoms with Crippen LogP contribution in [-0.4, -0.2) is 13.4 Å². The quantitative estimate of drug-likeness (QED) is 0.854. The molecular weight excluding hydrogens is 302 g/mol. The van der Waals surface area contributed by atoms with Gasteiger partial charge in [0.1, 0.15) is 9.22 Å². The Labute approximate surface area is 120 Å². The minimum absolute atomic E-state index is 0.284.